The predicted octanol–water partition coefficient (Wildman–Crippen LogP) is 4.82. The van der Waals surface area contributed by atoms with Crippen molar-refractivity contribution in [1.82, 2.24) is 5.32 Å². The maximum absolute atomic E-state index is 12.5. The summed E-state index contributed by atoms with van der Waals surface area (Å²) in [5.41, 5.74) is 5.89. The van der Waals surface area contributed by atoms with Crippen LogP contribution in [-0.2, 0) is 20.7 Å². The maximum Gasteiger partial charge on any atom is 0.411 e. The number of hydrogen-bond donors (Lipinski definition) is 3. The minimum atomic E-state index is -0.890. The van der Waals surface area contributed by atoms with Crippen LogP contribution in [0.2, 0.25) is 0 Å². The van der Waals surface area contributed by atoms with E-state index in [0.29, 0.717) is 12.2 Å². The number of ether oxygens (including phenoxy) is 1. The van der Waals surface area contributed by atoms with Gasteiger partial charge in [-0.15, -0.1) is 0 Å². The SMILES string of the molecule is CC(CNC(=O)Cc1cccc(NC(=O)OCC2c3ccccc3-c3ccccc32)c1)CC(=O)O. The molecule has 2 amide bonds. The molecule has 3 N–H and O–H groups in total. The van der Waals surface area contributed by atoms with E-state index in [-0.39, 0.29) is 37.2 Å². The molecule has 0 spiro atoms. The molecule has 180 valence electrons. The molecule has 3 aromatic carbocycles. The van der Waals surface area contributed by atoms with Gasteiger partial charge in [-0.2, -0.15) is 0 Å². The predicted molar refractivity (Wildman–Crippen MR) is 133 cm³/mol. The summed E-state index contributed by atoms with van der Waals surface area (Å²) in [6.07, 6.45) is -0.434. The Labute approximate surface area is 204 Å². The van der Waals surface area contributed by atoms with Crippen LogP contribution in [-0.4, -0.2) is 36.2 Å². The Balaban J connectivity index is 1.31. The minimum absolute atomic E-state index is 0.000175. The molecule has 1 unspecified atom stereocenters. The van der Waals surface area contributed by atoms with Crippen molar-refractivity contribution in [3.63, 3.8) is 0 Å². The number of rotatable bonds is 9. The topological polar surface area (TPSA) is 105 Å². The molecular weight excluding hydrogens is 444 g/mol. The van der Waals surface area contributed by atoms with E-state index in [1.54, 1.807) is 31.2 Å². The molecule has 35 heavy (non-hydrogen) atoms. The highest BCUT2D eigenvalue weighted by atomic mass is 16.5. The van der Waals surface area contributed by atoms with Gasteiger partial charge >= 0.3 is 12.1 Å². The number of aliphatic carboxylic acids is 1. The van der Waals surface area contributed by atoms with Crippen LogP contribution in [0.1, 0.15) is 36.0 Å². The number of hydrogen-bond acceptors (Lipinski definition) is 4. The number of nitrogens with one attached hydrogen (secondary N) is 2. The van der Waals surface area contributed by atoms with Gasteiger partial charge in [-0.05, 0) is 45.9 Å². The summed E-state index contributed by atoms with van der Waals surface area (Å²) in [5, 5.41) is 14.3. The van der Waals surface area contributed by atoms with E-state index >= 15 is 0 Å². The third-order valence-corrected chi connectivity index (χ3v) is 6.05. The first-order valence-electron chi connectivity index (χ1n) is 11.6. The molecule has 7 nitrogen and oxygen atoms in total. The molecule has 0 fully saturated rings. The maximum atomic E-state index is 12.5. The van der Waals surface area contributed by atoms with Crippen molar-refractivity contribution in [2.75, 3.05) is 18.5 Å². The van der Waals surface area contributed by atoms with Crippen LogP contribution in [0.25, 0.3) is 11.1 Å². The lowest BCUT2D eigenvalue weighted by Gasteiger charge is -2.15. The van der Waals surface area contributed by atoms with Gasteiger partial charge in [-0.25, -0.2) is 4.79 Å². The Morgan fingerprint density at radius 2 is 1.60 bits per heavy atom. The lowest BCUT2D eigenvalue weighted by atomic mass is 9.98. The smallest absolute Gasteiger partial charge is 0.411 e. The number of carboxylic acids is 1. The van der Waals surface area contributed by atoms with Crippen molar-refractivity contribution >= 4 is 23.7 Å². The number of benzene rings is 3. The van der Waals surface area contributed by atoms with E-state index in [1.807, 2.05) is 24.3 Å². The normalized spacial score (nSPS) is 12.8. The molecule has 0 radical (unpaired) electrons. The summed E-state index contributed by atoms with van der Waals surface area (Å²) >= 11 is 0. The second-order valence-corrected chi connectivity index (χ2v) is 8.83. The second-order valence-electron chi connectivity index (χ2n) is 8.83. The molecule has 3 aromatic rings. The summed E-state index contributed by atoms with van der Waals surface area (Å²) in [7, 11) is 0. The summed E-state index contributed by atoms with van der Waals surface area (Å²) in [6, 6.07) is 23.3. The van der Waals surface area contributed by atoms with Crippen LogP contribution in [0.3, 0.4) is 0 Å². The first-order valence-corrected chi connectivity index (χ1v) is 11.6. The molecule has 4 rings (SSSR count). The number of carbonyl (C=O) groups is 3. The summed E-state index contributed by atoms with van der Waals surface area (Å²) in [6.45, 7) is 2.28. The molecule has 0 bridgehead atoms. The first-order chi connectivity index (χ1) is 16.9. The van der Waals surface area contributed by atoms with Crippen molar-refractivity contribution in [1.29, 1.82) is 0 Å². The van der Waals surface area contributed by atoms with E-state index in [1.165, 1.54) is 11.1 Å². The highest BCUT2D eigenvalue weighted by Gasteiger charge is 2.29. The van der Waals surface area contributed by atoms with Gasteiger partial charge in [0.25, 0.3) is 0 Å². The standard InChI is InChI=1S/C28H28N2O5/c1-18(13-27(32)33)16-29-26(31)15-19-7-6-8-20(14-19)30-28(34)35-17-25-23-11-4-2-9-21(23)22-10-3-5-12-24(22)25/h2-12,14,18,25H,13,15-17H2,1H3,(H,29,31)(H,30,34)(H,32,33). The van der Waals surface area contributed by atoms with Gasteiger partial charge < -0.3 is 15.2 Å². The third-order valence-electron chi connectivity index (χ3n) is 6.05. The molecule has 0 heterocycles. The summed E-state index contributed by atoms with van der Waals surface area (Å²) in [5.74, 6) is -1.27. The monoisotopic (exact) mass is 472 g/mol. The summed E-state index contributed by atoms with van der Waals surface area (Å²) in [4.78, 5) is 35.5. The number of carbonyl (C=O) groups excluding carboxylic acids is 2. The number of amides is 2. The van der Waals surface area contributed by atoms with Gasteiger partial charge in [-0.3, -0.25) is 14.9 Å². The van der Waals surface area contributed by atoms with Crippen LogP contribution >= 0.6 is 0 Å². The zero-order valence-electron chi connectivity index (χ0n) is 19.5. The van der Waals surface area contributed by atoms with Gasteiger partial charge in [0.2, 0.25) is 5.91 Å². The molecule has 1 atom stereocenters. The summed E-state index contributed by atoms with van der Waals surface area (Å²) < 4.78 is 5.58. The third kappa shape index (κ3) is 6.06. The highest BCUT2D eigenvalue weighted by Crippen LogP contribution is 2.44. The van der Waals surface area contributed by atoms with E-state index in [2.05, 4.69) is 34.9 Å². The fourth-order valence-electron chi connectivity index (χ4n) is 4.42. The number of anilines is 1. The molecule has 0 aromatic heterocycles. The Morgan fingerprint density at radius 1 is 0.943 bits per heavy atom. The van der Waals surface area contributed by atoms with Gasteiger partial charge in [0, 0.05) is 24.6 Å². The Kier molecular flexibility index (Phi) is 7.45. The van der Waals surface area contributed by atoms with Crippen LogP contribution < -0.4 is 10.6 Å². The molecular formula is C28H28N2O5. The molecule has 0 saturated carbocycles. The second kappa shape index (κ2) is 10.9. The molecule has 1 aliphatic rings. The molecule has 7 heteroatoms. The average molecular weight is 473 g/mol. The van der Waals surface area contributed by atoms with Crippen LogP contribution in [0, 0.1) is 5.92 Å². The van der Waals surface area contributed by atoms with Crippen LogP contribution in [0.5, 0.6) is 0 Å². The lowest BCUT2D eigenvalue weighted by molar-refractivity contribution is -0.138. The molecule has 0 saturated heterocycles. The fraction of sp³-hybridized carbons (Fsp3) is 0.250. The van der Waals surface area contributed by atoms with Crippen molar-refractivity contribution < 1.29 is 24.2 Å². The zero-order valence-corrected chi connectivity index (χ0v) is 19.5. The number of carboxylic acid groups (broad SMARTS) is 1. The van der Waals surface area contributed by atoms with Crippen LogP contribution in [0.15, 0.2) is 72.8 Å². The largest absolute Gasteiger partial charge is 0.481 e. The van der Waals surface area contributed by atoms with Gasteiger partial charge in [-0.1, -0.05) is 67.6 Å². The Bertz CT molecular complexity index is 1190. The molecule has 1 aliphatic carbocycles. The number of fused-ring (bicyclic) bond motifs is 3. The lowest BCUT2D eigenvalue weighted by Crippen LogP contribution is -2.30. The van der Waals surface area contributed by atoms with E-state index < -0.39 is 12.1 Å². The van der Waals surface area contributed by atoms with E-state index in [9.17, 15) is 14.4 Å². The minimum Gasteiger partial charge on any atom is -0.481 e. The van der Waals surface area contributed by atoms with Crippen molar-refractivity contribution in [3.05, 3.63) is 89.5 Å². The van der Waals surface area contributed by atoms with E-state index in [0.717, 1.165) is 16.7 Å². The first kappa shape index (κ1) is 24.0. The molecule has 0 aliphatic heterocycles. The quantitative estimate of drug-likeness (QED) is 0.414. The van der Waals surface area contributed by atoms with E-state index in [4.69, 9.17) is 9.84 Å². The highest BCUT2D eigenvalue weighted by molar-refractivity contribution is 5.86. The fourth-order valence-corrected chi connectivity index (χ4v) is 4.42. The zero-order chi connectivity index (χ0) is 24.8. The van der Waals surface area contributed by atoms with Gasteiger partial charge in [0.05, 0.1) is 6.42 Å². The Hall–Kier alpha value is -4.13. The van der Waals surface area contributed by atoms with Crippen molar-refractivity contribution in [2.45, 2.75) is 25.7 Å². The van der Waals surface area contributed by atoms with Gasteiger partial charge in [0.15, 0.2) is 0 Å². The van der Waals surface area contributed by atoms with Gasteiger partial charge in [0.1, 0.15) is 6.61 Å². The Morgan fingerprint density at radius 3 is 2.26 bits per heavy atom. The average Bonchev–Trinajstić information content (AvgIpc) is 3.15. The van der Waals surface area contributed by atoms with Crippen molar-refractivity contribution in [2.24, 2.45) is 5.92 Å². The van der Waals surface area contributed by atoms with Crippen LogP contribution in [0.4, 0.5) is 10.5 Å². The van der Waals surface area contributed by atoms with Crippen molar-refractivity contribution in [3.8, 4) is 11.1 Å².